The molecule has 0 spiro atoms. The average molecular weight is 407 g/mol. The highest BCUT2D eigenvalue weighted by molar-refractivity contribution is 5.94. The van der Waals surface area contributed by atoms with Crippen LogP contribution in [0.4, 0.5) is 0 Å². The maximum Gasteiger partial charge on any atom is 0.251 e. The Kier molecular flexibility index (Phi) is 7.16. The molecule has 0 bridgehead atoms. The zero-order chi connectivity index (χ0) is 21.3. The van der Waals surface area contributed by atoms with Gasteiger partial charge < -0.3 is 24.3 Å². The number of hydrogen-bond acceptors (Lipinski definition) is 5. The van der Waals surface area contributed by atoms with E-state index in [0.717, 1.165) is 11.1 Å². The molecule has 6 heteroatoms. The third kappa shape index (κ3) is 5.23. The Labute approximate surface area is 176 Å². The van der Waals surface area contributed by atoms with Crippen molar-refractivity contribution in [1.82, 2.24) is 5.32 Å². The molecular weight excluding hydrogens is 382 g/mol. The van der Waals surface area contributed by atoms with E-state index in [1.807, 2.05) is 48.5 Å². The Hall–Kier alpha value is -3.67. The summed E-state index contributed by atoms with van der Waals surface area (Å²) in [5.74, 6) is 2.22. The molecule has 0 fully saturated rings. The van der Waals surface area contributed by atoms with E-state index in [1.54, 1.807) is 39.5 Å². The van der Waals surface area contributed by atoms with E-state index in [1.165, 1.54) is 0 Å². The summed E-state index contributed by atoms with van der Waals surface area (Å²) in [5.41, 5.74) is 2.34. The third-order valence-corrected chi connectivity index (χ3v) is 4.59. The van der Waals surface area contributed by atoms with Crippen LogP contribution < -0.4 is 24.3 Å². The van der Waals surface area contributed by atoms with Crippen LogP contribution in [0.5, 0.6) is 23.0 Å². The maximum absolute atomic E-state index is 12.7. The van der Waals surface area contributed by atoms with Crippen molar-refractivity contribution in [1.29, 1.82) is 0 Å². The van der Waals surface area contributed by atoms with Crippen molar-refractivity contribution >= 4 is 5.91 Å². The summed E-state index contributed by atoms with van der Waals surface area (Å²) in [6.45, 7) is 0.714. The lowest BCUT2D eigenvalue weighted by Crippen LogP contribution is -2.23. The van der Waals surface area contributed by atoms with Gasteiger partial charge in [0.25, 0.3) is 5.91 Å². The highest BCUT2D eigenvalue weighted by atomic mass is 16.5. The largest absolute Gasteiger partial charge is 0.497 e. The first kappa shape index (κ1) is 21.0. The molecule has 156 valence electrons. The summed E-state index contributed by atoms with van der Waals surface area (Å²) in [5, 5.41) is 2.90. The lowest BCUT2D eigenvalue weighted by molar-refractivity contribution is 0.0950. The van der Waals surface area contributed by atoms with Crippen LogP contribution in [-0.4, -0.2) is 27.2 Å². The first-order chi connectivity index (χ1) is 14.6. The molecule has 0 saturated carbocycles. The normalized spacial score (nSPS) is 10.2. The first-order valence-corrected chi connectivity index (χ1v) is 9.48. The minimum Gasteiger partial charge on any atom is -0.497 e. The molecule has 1 amide bonds. The van der Waals surface area contributed by atoms with Gasteiger partial charge in [0.1, 0.15) is 18.1 Å². The number of carbonyl (C=O) groups is 1. The second-order valence-corrected chi connectivity index (χ2v) is 6.50. The third-order valence-electron chi connectivity index (χ3n) is 4.59. The van der Waals surface area contributed by atoms with Gasteiger partial charge >= 0.3 is 0 Å². The number of nitrogens with one attached hydrogen (secondary N) is 1. The molecule has 0 saturated heterocycles. The van der Waals surface area contributed by atoms with Gasteiger partial charge in [0, 0.05) is 17.7 Å². The minimum absolute atomic E-state index is 0.229. The van der Waals surface area contributed by atoms with E-state index in [2.05, 4.69) is 5.32 Å². The molecule has 3 aromatic carbocycles. The van der Waals surface area contributed by atoms with E-state index in [4.69, 9.17) is 18.9 Å². The lowest BCUT2D eigenvalue weighted by atomic mass is 10.1. The number of benzene rings is 3. The lowest BCUT2D eigenvalue weighted by Gasteiger charge is -2.13. The monoisotopic (exact) mass is 407 g/mol. The molecule has 0 heterocycles. The van der Waals surface area contributed by atoms with Gasteiger partial charge in [-0.25, -0.2) is 0 Å². The fourth-order valence-electron chi connectivity index (χ4n) is 2.96. The van der Waals surface area contributed by atoms with Crippen LogP contribution in [0, 0.1) is 0 Å². The van der Waals surface area contributed by atoms with Gasteiger partial charge in [-0.2, -0.15) is 0 Å². The highest BCUT2D eigenvalue weighted by Gasteiger charge is 2.13. The molecule has 0 radical (unpaired) electrons. The maximum atomic E-state index is 12.7. The number of amides is 1. The van der Waals surface area contributed by atoms with Gasteiger partial charge in [0.05, 0.1) is 21.3 Å². The molecule has 0 aliphatic carbocycles. The van der Waals surface area contributed by atoms with Crippen molar-refractivity contribution < 1.29 is 23.7 Å². The van der Waals surface area contributed by atoms with Crippen LogP contribution in [0.25, 0.3) is 0 Å². The molecule has 0 aliphatic rings. The molecule has 0 aromatic heterocycles. The summed E-state index contributed by atoms with van der Waals surface area (Å²) in [6.07, 6.45) is 0. The van der Waals surface area contributed by atoms with Crippen LogP contribution >= 0.6 is 0 Å². The highest BCUT2D eigenvalue weighted by Crippen LogP contribution is 2.29. The van der Waals surface area contributed by atoms with Gasteiger partial charge in [-0.3, -0.25) is 4.79 Å². The molecule has 30 heavy (non-hydrogen) atoms. The van der Waals surface area contributed by atoms with Gasteiger partial charge in [-0.15, -0.1) is 0 Å². The second kappa shape index (κ2) is 10.2. The number of methoxy groups -OCH3 is 3. The molecule has 3 aromatic rings. The van der Waals surface area contributed by atoms with E-state index >= 15 is 0 Å². The summed E-state index contributed by atoms with van der Waals surface area (Å²) in [4.78, 5) is 12.7. The van der Waals surface area contributed by atoms with E-state index in [0.29, 0.717) is 41.7 Å². The predicted octanol–water partition coefficient (Wildman–Crippen LogP) is 4.22. The smallest absolute Gasteiger partial charge is 0.251 e. The number of ether oxygens (including phenoxy) is 4. The van der Waals surface area contributed by atoms with Crippen molar-refractivity contribution in [3.8, 4) is 23.0 Å². The van der Waals surface area contributed by atoms with Gasteiger partial charge in [-0.05, 0) is 42.0 Å². The van der Waals surface area contributed by atoms with Crippen molar-refractivity contribution in [2.24, 2.45) is 0 Å². The SMILES string of the molecule is COc1ccc(OC)c(CNC(=O)c2ccc(OCc3ccccc3)c(OC)c2)c1. The van der Waals surface area contributed by atoms with Crippen LogP contribution in [0.3, 0.4) is 0 Å². The topological polar surface area (TPSA) is 66.0 Å². The standard InChI is InChI=1S/C24H25NO5/c1-27-20-10-12-21(28-2)19(13-20)15-25-24(26)18-9-11-22(23(14-18)29-3)30-16-17-7-5-4-6-8-17/h4-14H,15-16H2,1-3H3,(H,25,26). The number of hydrogen-bond donors (Lipinski definition) is 1. The number of carbonyl (C=O) groups excluding carboxylic acids is 1. The summed E-state index contributed by atoms with van der Waals surface area (Å²) >= 11 is 0. The zero-order valence-electron chi connectivity index (χ0n) is 17.3. The molecule has 6 nitrogen and oxygen atoms in total. The molecule has 0 aliphatic heterocycles. The van der Waals surface area contributed by atoms with Crippen molar-refractivity contribution in [3.63, 3.8) is 0 Å². The zero-order valence-corrected chi connectivity index (χ0v) is 17.3. The van der Waals surface area contributed by atoms with Gasteiger partial charge in [-0.1, -0.05) is 30.3 Å². The summed E-state index contributed by atoms with van der Waals surface area (Å²) in [7, 11) is 4.73. The summed E-state index contributed by atoms with van der Waals surface area (Å²) in [6, 6.07) is 20.4. The summed E-state index contributed by atoms with van der Waals surface area (Å²) < 4.78 is 21.9. The molecule has 3 rings (SSSR count). The fourth-order valence-corrected chi connectivity index (χ4v) is 2.96. The van der Waals surface area contributed by atoms with Crippen LogP contribution in [0.2, 0.25) is 0 Å². The van der Waals surface area contributed by atoms with Crippen LogP contribution in [0.15, 0.2) is 66.7 Å². The second-order valence-electron chi connectivity index (χ2n) is 6.50. The first-order valence-electron chi connectivity index (χ1n) is 9.48. The Bertz CT molecular complexity index is 988. The van der Waals surface area contributed by atoms with Crippen LogP contribution in [-0.2, 0) is 13.2 Å². The van der Waals surface area contributed by atoms with Crippen molar-refractivity contribution in [2.75, 3.05) is 21.3 Å². The van der Waals surface area contributed by atoms with E-state index in [-0.39, 0.29) is 5.91 Å². The van der Waals surface area contributed by atoms with Crippen molar-refractivity contribution in [2.45, 2.75) is 13.2 Å². The Balaban J connectivity index is 1.67. The number of rotatable bonds is 9. The Morgan fingerprint density at radius 2 is 1.53 bits per heavy atom. The Morgan fingerprint density at radius 3 is 2.23 bits per heavy atom. The average Bonchev–Trinajstić information content (AvgIpc) is 2.81. The molecule has 0 atom stereocenters. The molecule has 0 unspecified atom stereocenters. The van der Waals surface area contributed by atoms with E-state index in [9.17, 15) is 4.79 Å². The minimum atomic E-state index is -0.229. The molecule has 1 N–H and O–H groups in total. The van der Waals surface area contributed by atoms with E-state index < -0.39 is 0 Å². The van der Waals surface area contributed by atoms with Gasteiger partial charge in [0.15, 0.2) is 11.5 Å². The predicted molar refractivity (Wildman–Crippen MR) is 114 cm³/mol. The molecular formula is C24H25NO5. The van der Waals surface area contributed by atoms with Crippen LogP contribution in [0.1, 0.15) is 21.5 Å². The Morgan fingerprint density at radius 1 is 0.800 bits per heavy atom. The van der Waals surface area contributed by atoms with Gasteiger partial charge in [0.2, 0.25) is 0 Å². The van der Waals surface area contributed by atoms with Crippen molar-refractivity contribution in [3.05, 3.63) is 83.4 Å². The fraction of sp³-hybridized carbons (Fsp3) is 0.208. The quantitative estimate of drug-likeness (QED) is 0.575.